The van der Waals surface area contributed by atoms with Gasteiger partial charge in [-0.15, -0.1) is 0 Å². The van der Waals surface area contributed by atoms with Gasteiger partial charge < -0.3 is 20.3 Å². The normalized spacial score (nSPS) is 22.0. The molecule has 10 heteroatoms. The van der Waals surface area contributed by atoms with E-state index in [0.717, 1.165) is 42.9 Å². The fraction of sp³-hybridized carbons (Fsp3) is 0.522. The lowest BCUT2D eigenvalue weighted by molar-refractivity contribution is 0.0742. The van der Waals surface area contributed by atoms with Crippen molar-refractivity contribution in [1.29, 1.82) is 0 Å². The van der Waals surface area contributed by atoms with Crippen LogP contribution in [0.1, 0.15) is 42.6 Å². The summed E-state index contributed by atoms with van der Waals surface area (Å²) in [4.78, 5) is 31.2. The van der Waals surface area contributed by atoms with Gasteiger partial charge in [-0.25, -0.2) is 10.2 Å². The van der Waals surface area contributed by atoms with Gasteiger partial charge in [0.05, 0.1) is 12.1 Å². The zero-order valence-electron chi connectivity index (χ0n) is 19.4. The number of urea groups is 1. The van der Waals surface area contributed by atoms with Crippen LogP contribution in [0, 0.1) is 0 Å². The Morgan fingerprint density at radius 3 is 2.82 bits per heavy atom. The van der Waals surface area contributed by atoms with Crippen LogP contribution in [0.25, 0.3) is 0 Å². The van der Waals surface area contributed by atoms with Gasteiger partial charge in [0, 0.05) is 55.9 Å². The van der Waals surface area contributed by atoms with Crippen molar-refractivity contribution >= 4 is 18.2 Å². The van der Waals surface area contributed by atoms with Gasteiger partial charge in [0.1, 0.15) is 0 Å². The second-order valence-electron chi connectivity index (χ2n) is 8.98. The number of benzene rings is 1. The monoisotopic (exact) mass is 455 g/mol. The van der Waals surface area contributed by atoms with E-state index >= 15 is 0 Å². The van der Waals surface area contributed by atoms with Gasteiger partial charge in [-0.05, 0) is 44.4 Å². The van der Waals surface area contributed by atoms with Gasteiger partial charge in [0.25, 0.3) is 5.91 Å². The molecule has 3 amide bonds. The Kier molecular flexibility index (Phi) is 6.96. The van der Waals surface area contributed by atoms with E-state index < -0.39 is 5.54 Å². The summed E-state index contributed by atoms with van der Waals surface area (Å²) in [5.41, 5.74) is 8.76. The smallest absolute Gasteiger partial charge is 0.332 e. The van der Waals surface area contributed by atoms with E-state index in [1.165, 1.54) is 0 Å². The van der Waals surface area contributed by atoms with Crippen LogP contribution >= 0.6 is 0 Å². The van der Waals surface area contributed by atoms with E-state index in [2.05, 4.69) is 31.8 Å². The van der Waals surface area contributed by atoms with E-state index in [-0.39, 0.29) is 18.2 Å². The Morgan fingerprint density at radius 2 is 2.06 bits per heavy atom. The molecule has 0 aromatic heterocycles. The highest BCUT2D eigenvalue weighted by Crippen LogP contribution is 2.33. The second kappa shape index (κ2) is 9.90. The van der Waals surface area contributed by atoms with Crippen LogP contribution in [0.2, 0.25) is 0 Å². The van der Waals surface area contributed by atoms with E-state index in [1.807, 2.05) is 32.2 Å². The van der Waals surface area contributed by atoms with Crippen LogP contribution in [-0.2, 0) is 11.3 Å². The summed E-state index contributed by atoms with van der Waals surface area (Å²) in [6, 6.07) is 7.42. The minimum absolute atomic E-state index is 0.143. The fourth-order valence-electron chi connectivity index (χ4n) is 4.42. The third-order valence-electron chi connectivity index (χ3n) is 6.40. The number of carbonyl (C=O) groups is 2. The summed E-state index contributed by atoms with van der Waals surface area (Å²) >= 11 is 0. The van der Waals surface area contributed by atoms with Crippen LogP contribution < -0.4 is 26.8 Å². The first-order valence-corrected chi connectivity index (χ1v) is 11.4. The molecule has 3 heterocycles. The van der Waals surface area contributed by atoms with Gasteiger partial charge >= 0.3 is 6.03 Å². The summed E-state index contributed by atoms with van der Waals surface area (Å²) in [5, 5.41) is 9.60. The van der Waals surface area contributed by atoms with E-state index in [0.29, 0.717) is 24.7 Å². The van der Waals surface area contributed by atoms with Crippen molar-refractivity contribution in [2.45, 2.75) is 51.1 Å². The number of hydrogen-bond acceptors (Lipinski definition) is 7. The molecule has 0 bridgehead atoms. The van der Waals surface area contributed by atoms with Crippen molar-refractivity contribution in [3.05, 3.63) is 46.7 Å². The highest BCUT2D eigenvalue weighted by atomic mass is 16.5. The maximum absolute atomic E-state index is 13.0. The Balaban J connectivity index is 1.30. The van der Waals surface area contributed by atoms with Crippen molar-refractivity contribution in [2.24, 2.45) is 4.99 Å². The Labute approximate surface area is 194 Å². The molecule has 10 nitrogen and oxygen atoms in total. The van der Waals surface area contributed by atoms with Gasteiger partial charge in [-0.1, -0.05) is 12.1 Å². The number of aliphatic imine (C=N–C) groups is 1. The largest absolute Gasteiger partial charge is 0.381 e. The van der Waals surface area contributed by atoms with Crippen LogP contribution in [0.15, 0.2) is 40.5 Å². The molecular formula is C23H33N7O3. The molecule has 0 spiro atoms. The third-order valence-corrected chi connectivity index (χ3v) is 6.40. The molecule has 1 atom stereocenters. The molecule has 1 saturated heterocycles. The summed E-state index contributed by atoms with van der Waals surface area (Å²) in [7, 11) is 1.60. The molecule has 3 aliphatic rings. The Hall–Kier alpha value is -2.95. The number of ether oxygens (including phenoxy) is 1. The molecular weight excluding hydrogens is 422 g/mol. The van der Waals surface area contributed by atoms with Crippen LogP contribution in [0.3, 0.4) is 0 Å². The Morgan fingerprint density at radius 1 is 1.27 bits per heavy atom. The van der Waals surface area contributed by atoms with E-state index in [1.54, 1.807) is 24.1 Å². The minimum Gasteiger partial charge on any atom is -0.381 e. The first-order valence-electron chi connectivity index (χ1n) is 11.4. The van der Waals surface area contributed by atoms with Crippen molar-refractivity contribution in [3.8, 4) is 0 Å². The summed E-state index contributed by atoms with van der Waals surface area (Å²) in [5.74, 6) is -0.143. The average Bonchev–Trinajstić information content (AvgIpc) is 3.09. The quantitative estimate of drug-likeness (QED) is 0.406. The number of hydrogen-bond donors (Lipinski definition) is 5. The maximum Gasteiger partial charge on any atom is 0.332 e. The van der Waals surface area contributed by atoms with E-state index in [9.17, 15) is 9.59 Å². The molecule has 33 heavy (non-hydrogen) atoms. The zero-order chi connectivity index (χ0) is 23.4. The fourth-order valence-corrected chi connectivity index (χ4v) is 4.42. The molecule has 4 rings (SSSR count). The zero-order valence-corrected chi connectivity index (χ0v) is 19.4. The molecule has 1 unspecified atom stereocenters. The van der Waals surface area contributed by atoms with Crippen LogP contribution in [-0.4, -0.2) is 67.7 Å². The number of carbonyl (C=O) groups excluding carboxylic acids is 2. The Bertz CT molecular complexity index is 953. The number of nitrogens with one attached hydrogen (secondary N) is 5. The first-order chi connectivity index (χ1) is 15.9. The SMILES string of the molecule is CNC(=O)c1cccc(CNNC(=O)N2CC3=C(C=NC(NC4CCOCC4)N3)C2(C)C)c1. The van der Waals surface area contributed by atoms with Crippen LogP contribution in [0.4, 0.5) is 4.79 Å². The van der Waals surface area contributed by atoms with Crippen molar-refractivity contribution in [3.63, 3.8) is 0 Å². The molecule has 1 aromatic carbocycles. The lowest BCUT2D eigenvalue weighted by atomic mass is 9.95. The van der Waals surface area contributed by atoms with Gasteiger partial charge in [-0.2, -0.15) is 0 Å². The molecule has 0 radical (unpaired) electrons. The highest BCUT2D eigenvalue weighted by molar-refractivity contribution is 5.94. The third kappa shape index (κ3) is 5.18. The number of rotatable bonds is 6. The molecule has 1 fully saturated rings. The minimum atomic E-state index is -0.500. The molecule has 0 aliphatic carbocycles. The molecule has 178 valence electrons. The average molecular weight is 456 g/mol. The van der Waals surface area contributed by atoms with E-state index in [4.69, 9.17) is 4.74 Å². The van der Waals surface area contributed by atoms with Gasteiger partial charge in [0.15, 0.2) is 6.29 Å². The predicted molar refractivity (Wildman–Crippen MR) is 125 cm³/mol. The van der Waals surface area contributed by atoms with Crippen LogP contribution in [0.5, 0.6) is 0 Å². The molecule has 1 aromatic rings. The molecule has 0 saturated carbocycles. The van der Waals surface area contributed by atoms with Crippen molar-refractivity contribution in [2.75, 3.05) is 26.8 Å². The van der Waals surface area contributed by atoms with Gasteiger partial charge in [-0.3, -0.25) is 20.5 Å². The summed E-state index contributed by atoms with van der Waals surface area (Å²) in [6.45, 7) is 6.44. The molecule has 5 N–H and O–H groups in total. The lowest BCUT2D eigenvalue weighted by Gasteiger charge is -2.33. The standard InChI is InChI=1S/C23H33N7O3/c1-23(2)18-13-25-21(27-17-7-9-33-10-8-17)28-19(18)14-30(23)22(32)29-26-12-15-5-4-6-16(11-15)20(31)24-3/h4-6,11,13,17,21,26-28H,7-10,12,14H2,1-3H3,(H,24,31)(H,29,32). The molecule has 3 aliphatic heterocycles. The maximum atomic E-state index is 13.0. The summed E-state index contributed by atoms with van der Waals surface area (Å²) in [6.07, 6.45) is 3.62. The lowest BCUT2D eigenvalue weighted by Crippen LogP contribution is -2.53. The van der Waals surface area contributed by atoms with Gasteiger partial charge in [0.2, 0.25) is 0 Å². The highest BCUT2D eigenvalue weighted by Gasteiger charge is 2.43. The number of nitrogens with zero attached hydrogens (tertiary/aromatic N) is 2. The van der Waals surface area contributed by atoms with Crippen molar-refractivity contribution < 1.29 is 14.3 Å². The first kappa shape index (κ1) is 23.2. The summed E-state index contributed by atoms with van der Waals surface area (Å²) < 4.78 is 5.42. The number of hydrazine groups is 1. The predicted octanol–water partition coefficient (Wildman–Crippen LogP) is 0.835. The number of amides is 3. The second-order valence-corrected chi connectivity index (χ2v) is 8.98. The topological polar surface area (TPSA) is 119 Å². The van der Waals surface area contributed by atoms with Crippen molar-refractivity contribution in [1.82, 2.24) is 31.7 Å².